The highest BCUT2D eigenvalue weighted by Gasteiger charge is 2.25. The number of methoxy groups -OCH3 is 1. The molecular weight excluding hydrogens is 244 g/mol. The average Bonchev–Trinajstić information content (AvgIpc) is 2.28. The molecule has 3 N–H and O–H groups in total. The SMILES string of the molecule is COCCC(N)C(=O)NC1CCS(=O)(=O)CC1. The summed E-state index contributed by atoms with van der Waals surface area (Å²) in [6, 6.07) is -0.659. The number of hydrogen-bond donors (Lipinski definition) is 2. The largest absolute Gasteiger partial charge is 0.385 e. The molecule has 0 aromatic carbocycles. The van der Waals surface area contributed by atoms with E-state index in [1.807, 2.05) is 0 Å². The number of nitrogens with two attached hydrogens (primary N) is 1. The van der Waals surface area contributed by atoms with Gasteiger partial charge in [0.1, 0.15) is 9.84 Å². The fourth-order valence-electron chi connectivity index (χ4n) is 1.72. The fraction of sp³-hybridized carbons (Fsp3) is 0.900. The maximum absolute atomic E-state index is 11.6. The van der Waals surface area contributed by atoms with Crippen LogP contribution in [0.4, 0.5) is 0 Å². The normalized spacial score (nSPS) is 22.0. The molecular formula is C10H20N2O4S. The summed E-state index contributed by atoms with van der Waals surface area (Å²) < 4.78 is 27.2. The monoisotopic (exact) mass is 264 g/mol. The van der Waals surface area contributed by atoms with Crippen molar-refractivity contribution < 1.29 is 17.9 Å². The molecule has 1 aliphatic heterocycles. The molecule has 1 aliphatic rings. The molecule has 100 valence electrons. The van der Waals surface area contributed by atoms with Gasteiger partial charge in [0, 0.05) is 19.8 Å². The Bertz CT molecular complexity index is 341. The zero-order chi connectivity index (χ0) is 12.9. The zero-order valence-corrected chi connectivity index (χ0v) is 10.8. The number of ether oxygens (including phenoxy) is 1. The average molecular weight is 264 g/mol. The number of hydrogen-bond acceptors (Lipinski definition) is 5. The first kappa shape index (κ1) is 14.4. The third-order valence-corrected chi connectivity index (χ3v) is 4.59. The van der Waals surface area contributed by atoms with Crippen molar-refractivity contribution in [3.8, 4) is 0 Å². The number of carbonyl (C=O) groups is 1. The molecule has 0 aromatic heterocycles. The number of sulfone groups is 1. The molecule has 1 rings (SSSR count). The van der Waals surface area contributed by atoms with E-state index in [0.717, 1.165) is 0 Å². The molecule has 1 fully saturated rings. The molecule has 0 bridgehead atoms. The van der Waals surface area contributed by atoms with E-state index in [-0.39, 0.29) is 23.5 Å². The summed E-state index contributed by atoms with van der Waals surface area (Å²) in [5.41, 5.74) is 5.66. The summed E-state index contributed by atoms with van der Waals surface area (Å²) in [4.78, 5) is 11.6. The third kappa shape index (κ3) is 5.01. The van der Waals surface area contributed by atoms with Gasteiger partial charge in [0.15, 0.2) is 0 Å². The minimum absolute atomic E-state index is 0.0698. The van der Waals surface area contributed by atoms with Crippen molar-refractivity contribution in [2.24, 2.45) is 5.73 Å². The Morgan fingerprint density at radius 1 is 1.47 bits per heavy atom. The summed E-state index contributed by atoms with van der Waals surface area (Å²) in [7, 11) is -1.34. The van der Waals surface area contributed by atoms with Crippen LogP contribution in [0, 0.1) is 0 Å². The molecule has 1 unspecified atom stereocenters. The Hall–Kier alpha value is -0.660. The van der Waals surface area contributed by atoms with E-state index in [2.05, 4.69) is 5.32 Å². The van der Waals surface area contributed by atoms with Crippen molar-refractivity contribution in [3.05, 3.63) is 0 Å². The molecule has 1 amide bonds. The van der Waals surface area contributed by atoms with Crippen LogP contribution in [-0.4, -0.2) is 51.6 Å². The van der Waals surface area contributed by atoms with Gasteiger partial charge in [-0.25, -0.2) is 8.42 Å². The molecule has 0 radical (unpaired) electrons. The summed E-state index contributed by atoms with van der Waals surface area (Å²) >= 11 is 0. The predicted molar refractivity (Wildman–Crippen MR) is 64.3 cm³/mol. The zero-order valence-electron chi connectivity index (χ0n) is 10.0. The smallest absolute Gasteiger partial charge is 0.237 e. The van der Waals surface area contributed by atoms with Gasteiger partial charge in [-0.1, -0.05) is 0 Å². The van der Waals surface area contributed by atoms with Crippen molar-refractivity contribution in [2.45, 2.75) is 31.3 Å². The van der Waals surface area contributed by atoms with Gasteiger partial charge in [-0.15, -0.1) is 0 Å². The van der Waals surface area contributed by atoms with Crippen LogP contribution in [0.5, 0.6) is 0 Å². The Morgan fingerprint density at radius 2 is 2.06 bits per heavy atom. The minimum Gasteiger partial charge on any atom is -0.385 e. The maximum atomic E-state index is 11.6. The number of amides is 1. The van der Waals surface area contributed by atoms with Crippen LogP contribution >= 0.6 is 0 Å². The number of rotatable bonds is 5. The van der Waals surface area contributed by atoms with Crippen LogP contribution in [0.1, 0.15) is 19.3 Å². The Labute approximate surface area is 102 Å². The van der Waals surface area contributed by atoms with Gasteiger partial charge >= 0.3 is 0 Å². The lowest BCUT2D eigenvalue weighted by molar-refractivity contribution is -0.123. The van der Waals surface area contributed by atoms with E-state index < -0.39 is 15.9 Å². The molecule has 0 saturated carbocycles. The Balaban J connectivity index is 2.32. The van der Waals surface area contributed by atoms with Gasteiger partial charge in [0.05, 0.1) is 17.5 Å². The second-order valence-electron chi connectivity index (χ2n) is 4.32. The van der Waals surface area contributed by atoms with Gasteiger partial charge in [0.2, 0.25) is 5.91 Å². The Morgan fingerprint density at radius 3 is 2.59 bits per heavy atom. The highest BCUT2D eigenvalue weighted by Crippen LogP contribution is 2.12. The molecule has 0 aromatic rings. The van der Waals surface area contributed by atoms with Crippen molar-refractivity contribution in [2.75, 3.05) is 25.2 Å². The first-order chi connectivity index (χ1) is 7.94. The molecule has 0 spiro atoms. The standard InChI is InChI=1S/C10H20N2O4S/c1-16-5-2-9(11)10(13)12-8-3-6-17(14,15)7-4-8/h8-9H,2-7,11H2,1H3,(H,12,13). The first-order valence-electron chi connectivity index (χ1n) is 5.70. The van der Waals surface area contributed by atoms with Gasteiger partial charge in [-0.05, 0) is 19.3 Å². The van der Waals surface area contributed by atoms with Crippen LogP contribution in [-0.2, 0) is 19.4 Å². The van der Waals surface area contributed by atoms with Crippen LogP contribution in [0.3, 0.4) is 0 Å². The summed E-state index contributed by atoms with van der Waals surface area (Å²) in [5.74, 6) is 0.0580. The maximum Gasteiger partial charge on any atom is 0.237 e. The van der Waals surface area contributed by atoms with Crippen molar-refractivity contribution >= 4 is 15.7 Å². The summed E-state index contributed by atoms with van der Waals surface area (Å²) in [5, 5.41) is 2.78. The van der Waals surface area contributed by atoms with E-state index in [1.165, 1.54) is 0 Å². The lowest BCUT2D eigenvalue weighted by Gasteiger charge is -2.24. The number of nitrogens with one attached hydrogen (secondary N) is 1. The van der Waals surface area contributed by atoms with Crippen LogP contribution in [0.15, 0.2) is 0 Å². The fourth-order valence-corrected chi connectivity index (χ4v) is 3.21. The molecule has 1 heterocycles. The van der Waals surface area contributed by atoms with Gasteiger partial charge < -0.3 is 15.8 Å². The van der Waals surface area contributed by atoms with E-state index in [9.17, 15) is 13.2 Å². The highest BCUT2D eigenvalue weighted by atomic mass is 32.2. The van der Waals surface area contributed by atoms with Crippen LogP contribution in [0.2, 0.25) is 0 Å². The predicted octanol–water partition coefficient (Wildman–Crippen LogP) is -0.956. The van der Waals surface area contributed by atoms with E-state index in [4.69, 9.17) is 10.5 Å². The van der Waals surface area contributed by atoms with E-state index in [0.29, 0.717) is 25.9 Å². The molecule has 1 saturated heterocycles. The summed E-state index contributed by atoms with van der Waals surface area (Å²) in [6.45, 7) is 0.438. The first-order valence-corrected chi connectivity index (χ1v) is 7.52. The molecule has 7 heteroatoms. The lowest BCUT2D eigenvalue weighted by atomic mass is 10.1. The topological polar surface area (TPSA) is 98.5 Å². The van der Waals surface area contributed by atoms with E-state index >= 15 is 0 Å². The second-order valence-corrected chi connectivity index (χ2v) is 6.63. The third-order valence-electron chi connectivity index (χ3n) is 2.87. The van der Waals surface area contributed by atoms with Crippen LogP contribution < -0.4 is 11.1 Å². The van der Waals surface area contributed by atoms with Gasteiger partial charge in [0.25, 0.3) is 0 Å². The van der Waals surface area contributed by atoms with Crippen molar-refractivity contribution in [1.29, 1.82) is 0 Å². The molecule has 1 atom stereocenters. The van der Waals surface area contributed by atoms with Crippen molar-refractivity contribution in [3.63, 3.8) is 0 Å². The lowest BCUT2D eigenvalue weighted by Crippen LogP contribution is -2.48. The van der Waals surface area contributed by atoms with Crippen LogP contribution in [0.25, 0.3) is 0 Å². The Kier molecular flexibility index (Phi) is 5.35. The number of carbonyl (C=O) groups excluding carboxylic acids is 1. The highest BCUT2D eigenvalue weighted by molar-refractivity contribution is 7.91. The minimum atomic E-state index is -2.89. The quantitative estimate of drug-likeness (QED) is 0.666. The molecule has 6 nitrogen and oxygen atoms in total. The van der Waals surface area contributed by atoms with E-state index in [1.54, 1.807) is 7.11 Å². The van der Waals surface area contributed by atoms with Gasteiger partial charge in [-0.2, -0.15) is 0 Å². The molecule has 17 heavy (non-hydrogen) atoms. The second kappa shape index (κ2) is 6.32. The van der Waals surface area contributed by atoms with Crippen molar-refractivity contribution in [1.82, 2.24) is 5.32 Å². The summed E-state index contributed by atoms with van der Waals surface area (Å²) in [6.07, 6.45) is 1.42. The van der Waals surface area contributed by atoms with Gasteiger partial charge in [-0.3, -0.25) is 4.79 Å². The molecule has 0 aliphatic carbocycles.